The van der Waals surface area contributed by atoms with Gasteiger partial charge >= 0.3 is 0 Å². The highest BCUT2D eigenvalue weighted by Gasteiger charge is 2.22. The highest BCUT2D eigenvalue weighted by Crippen LogP contribution is 2.27. The van der Waals surface area contributed by atoms with Crippen LogP contribution in [0.15, 0.2) is 47.1 Å². The van der Waals surface area contributed by atoms with E-state index in [-0.39, 0.29) is 17.4 Å². The normalized spacial score (nSPS) is 10.5. The van der Waals surface area contributed by atoms with Crippen LogP contribution >= 0.6 is 0 Å². The van der Waals surface area contributed by atoms with Crippen LogP contribution in [-0.4, -0.2) is 23.2 Å². The van der Waals surface area contributed by atoms with Gasteiger partial charge in [-0.05, 0) is 18.6 Å². The number of nitrogens with zero attached hydrogens (tertiary/aromatic N) is 2. The van der Waals surface area contributed by atoms with E-state index < -0.39 is 0 Å². The van der Waals surface area contributed by atoms with Gasteiger partial charge in [-0.3, -0.25) is 4.79 Å². The summed E-state index contributed by atoms with van der Waals surface area (Å²) in [6.07, 6.45) is 1.55. The number of hydrogen-bond acceptors (Lipinski definition) is 6. The zero-order valence-corrected chi connectivity index (χ0v) is 13.9. The second-order valence-corrected chi connectivity index (χ2v) is 5.53. The number of carbonyl (C=O) groups excluding carboxylic acids is 1. The number of anilines is 1. The second kappa shape index (κ2) is 7.04. The van der Waals surface area contributed by atoms with Crippen LogP contribution in [-0.2, 0) is 6.54 Å². The third-order valence-corrected chi connectivity index (χ3v) is 3.74. The number of nitrogens with one attached hydrogen (secondary N) is 1. The Labute approximate surface area is 144 Å². The second-order valence-electron chi connectivity index (χ2n) is 5.53. The molecular weight excluding hydrogens is 320 g/mol. The van der Waals surface area contributed by atoms with E-state index in [1.54, 1.807) is 18.3 Å². The number of aryl methyl sites for hydroxylation is 1. The summed E-state index contributed by atoms with van der Waals surface area (Å²) in [4.78, 5) is 16.7. The van der Waals surface area contributed by atoms with Crippen LogP contribution in [0.1, 0.15) is 21.5 Å². The van der Waals surface area contributed by atoms with Crippen molar-refractivity contribution in [1.29, 1.82) is 0 Å². The van der Waals surface area contributed by atoms with Gasteiger partial charge in [0.15, 0.2) is 0 Å². The number of amides is 1. The fourth-order valence-corrected chi connectivity index (χ4v) is 2.34. The molecule has 1 amide bonds. The van der Waals surface area contributed by atoms with Crippen molar-refractivity contribution in [3.05, 3.63) is 59.3 Å². The lowest BCUT2D eigenvalue weighted by Gasteiger charge is -2.06. The summed E-state index contributed by atoms with van der Waals surface area (Å²) < 4.78 is 10.0. The van der Waals surface area contributed by atoms with Crippen molar-refractivity contribution < 1.29 is 14.1 Å². The predicted octanol–water partition coefficient (Wildman–Crippen LogP) is 2.57. The number of benzene rings is 1. The van der Waals surface area contributed by atoms with Crippen LogP contribution in [0.2, 0.25) is 0 Å². The molecule has 1 aromatic carbocycles. The van der Waals surface area contributed by atoms with Crippen LogP contribution in [0.5, 0.6) is 5.88 Å². The van der Waals surface area contributed by atoms with Gasteiger partial charge in [0, 0.05) is 24.4 Å². The van der Waals surface area contributed by atoms with Crippen LogP contribution in [0.3, 0.4) is 0 Å². The van der Waals surface area contributed by atoms with Crippen molar-refractivity contribution in [2.75, 3.05) is 12.8 Å². The summed E-state index contributed by atoms with van der Waals surface area (Å²) in [6.45, 7) is 2.39. The van der Waals surface area contributed by atoms with Gasteiger partial charge < -0.3 is 20.3 Å². The fourth-order valence-electron chi connectivity index (χ4n) is 2.34. The Hall–Kier alpha value is -3.35. The molecule has 0 radical (unpaired) electrons. The summed E-state index contributed by atoms with van der Waals surface area (Å²) in [7, 11) is 1.53. The maximum Gasteiger partial charge on any atom is 0.259 e. The Morgan fingerprint density at radius 1 is 1.24 bits per heavy atom. The minimum absolute atomic E-state index is 0.0350. The van der Waals surface area contributed by atoms with Gasteiger partial charge in [-0.25, -0.2) is 4.98 Å². The number of methoxy groups -OCH3 is 1. The maximum absolute atomic E-state index is 12.5. The molecule has 0 fully saturated rings. The molecule has 0 saturated carbocycles. The topological polar surface area (TPSA) is 103 Å². The summed E-state index contributed by atoms with van der Waals surface area (Å²) in [6, 6.07) is 11.3. The first-order valence-corrected chi connectivity index (χ1v) is 7.68. The molecule has 0 atom stereocenters. The van der Waals surface area contributed by atoms with Crippen LogP contribution in [0.4, 0.5) is 5.88 Å². The average molecular weight is 338 g/mol. The number of rotatable bonds is 5. The van der Waals surface area contributed by atoms with Crippen LogP contribution in [0, 0.1) is 6.92 Å². The van der Waals surface area contributed by atoms with Crippen molar-refractivity contribution >= 4 is 11.8 Å². The molecule has 0 aliphatic carbocycles. The molecule has 2 heterocycles. The van der Waals surface area contributed by atoms with E-state index in [0.29, 0.717) is 23.7 Å². The summed E-state index contributed by atoms with van der Waals surface area (Å²) in [5.74, 6) is 0.0722. The molecule has 0 saturated heterocycles. The number of aromatic nitrogens is 2. The number of nitrogen functional groups attached to an aromatic ring is 1. The minimum atomic E-state index is -0.356. The Morgan fingerprint density at radius 2 is 2.00 bits per heavy atom. The summed E-state index contributed by atoms with van der Waals surface area (Å²) >= 11 is 0. The lowest BCUT2D eigenvalue weighted by atomic mass is 10.1. The summed E-state index contributed by atoms with van der Waals surface area (Å²) in [5.41, 5.74) is 9.08. The van der Waals surface area contributed by atoms with E-state index in [4.69, 9.17) is 15.0 Å². The lowest BCUT2D eigenvalue weighted by Crippen LogP contribution is -2.23. The van der Waals surface area contributed by atoms with Gasteiger partial charge in [0.2, 0.25) is 11.8 Å². The first-order chi connectivity index (χ1) is 12.1. The molecule has 128 valence electrons. The van der Waals surface area contributed by atoms with E-state index >= 15 is 0 Å². The quantitative estimate of drug-likeness (QED) is 0.741. The fraction of sp³-hybridized carbons (Fsp3) is 0.167. The molecule has 25 heavy (non-hydrogen) atoms. The molecule has 0 bridgehead atoms. The Morgan fingerprint density at radius 3 is 2.64 bits per heavy atom. The zero-order valence-electron chi connectivity index (χ0n) is 13.9. The standard InChI is InChI=1S/C18H18N4O3/c1-11-3-5-12(6-4-11)9-21-18(23)15-16(22-25-17(15)19)13-7-8-14(24-2)20-10-13/h3-8,10H,9,19H2,1-2H3,(H,21,23). The minimum Gasteiger partial charge on any atom is -0.481 e. The SMILES string of the molecule is COc1ccc(-c2noc(N)c2C(=O)NCc2ccc(C)cc2)cn1. The van der Waals surface area contributed by atoms with Gasteiger partial charge in [0.1, 0.15) is 11.3 Å². The van der Waals surface area contributed by atoms with Crippen molar-refractivity contribution in [3.8, 4) is 17.1 Å². The van der Waals surface area contributed by atoms with Crippen molar-refractivity contribution in [3.63, 3.8) is 0 Å². The van der Waals surface area contributed by atoms with E-state index in [2.05, 4.69) is 15.5 Å². The highest BCUT2D eigenvalue weighted by molar-refractivity contribution is 6.03. The van der Waals surface area contributed by atoms with E-state index in [1.165, 1.54) is 7.11 Å². The van der Waals surface area contributed by atoms with E-state index in [1.807, 2.05) is 31.2 Å². The monoisotopic (exact) mass is 338 g/mol. The molecule has 3 N–H and O–H groups in total. The largest absolute Gasteiger partial charge is 0.481 e. The maximum atomic E-state index is 12.5. The van der Waals surface area contributed by atoms with Gasteiger partial charge in [-0.15, -0.1) is 0 Å². The van der Waals surface area contributed by atoms with E-state index in [9.17, 15) is 4.79 Å². The molecule has 0 aliphatic heterocycles. The van der Waals surface area contributed by atoms with Gasteiger partial charge in [0.05, 0.1) is 7.11 Å². The smallest absolute Gasteiger partial charge is 0.259 e. The number of ether oxygens (including phenoxy) is 1. The zero-order chi connectivity index (χ0) is 17.8. The molecule has 3 rings (SSSR count). The average Bonchev–Trinajstić information content (AvgIpc) is 3.02. The Balaban J connectivity index is 1.80. The molecule has 2 aromatic heterocycles. The molecule has 7 nitrogen and oxygen atoms in total. The van der Waals surface area contributed by atoms with Crippen molar-refractivity contribution in [1.82, 2.24) is 15.5 Å². The number of carbonyl (C=O) groups is 1. The number of hydrogen-bond donors (Lipinski definition) is 2. The molecule has 3 aromatic rings. The molecule has 0 unspecified atom stereocenters. The Kier molecular flexibility index (Phi) is 4.65. The Bertz CT molecular complexity index is 870. The van der Waals surface area contributed by atoms with Crippen molar-refractivity contribution in [2.45, 2.75) is 13.5 Å². The van der Waals surface area contributed by atoms with E-state index in [0.717, 1.165) is 11.1 Å². The lowest BCUT2D eigenvalue weighted by molar-refractivity contribution is 0.0952. The van der Waals surface area contributed by atoms with Crippen LogP contribution in [0.25, 0.3) is 11.3 Å². The van der Waals surface area contributed by atoms with Gasteiger partial charge in [-0.1, -0.05) is 35.0 Å². The number of nitrogens with two attached hydrogens (primary N) is 1. The third-order valence-electron chi connectivity index (χ3n) is 3.74. The summed E-state index contributed by atoms with van der Waals surface area (Å²) in [5, 5.41) is 6.72. The third kappa shape index (κ3) is 3.60. The predicted molar refractivity (Wildman–Crippen MR) is 93.0 cm³/mol. The molecular formula is C18H18N4O3. The molecule has 0 spiro atoms. The molecule has 0 aliphatic rings. The first kappa shape index (κ1) is 16.5. The van der Waals surface area contributed by atoms with Gasteiger partial charge in [0.25, 0.3) is 5.91 Å². The highest BCUT2D eigenvalue weighted by atomic mass is 16.5. The molecule has 7 heteroatoms. The number of pyridine rings is 1. The van der Waals surface area contributed by atoms with Crippen molar-refractivity contribution in [2.24, 2.45) is 0 Å². The first-order valence-electron chi connectivity index (χ1n) is 7.68. The van der Waals surface area contributed by atoms with Gasteiger partial charge in [-0.2, -0.15) is 0 Å². The van der Waals surface area contributed by atoms with Crippen LogP contribution < -0.4 is 15.8 Å².